The maximum absolute atomic E-state index is 5.81. The Morgan fingerprint density at radius 3 is 2.83 bits per heavy atom. The topological polar surface area (TPSA) is 67.4 Å². The fourth-order valence-corrected chi connectivity index (χ4v) is 2.98. The molecule has 1 fully saturated rings. The number of thiocarbonyl (C=S) groups is 1. The summed E-state index contributed by atoms with van der Waals surface area (Å²) in [5.41, 5.74) is 3.76. The Bertz CT molecular complexity index is 649. The van der Waals surface area contributed by atoms with Crippen molar-refractivity contribution in [2.75, 3.05) is 53.1 Å². The van der Waals surface area contributed by atoms with E-state index in [-0.39, 0.29) is 0 Å². The van der Waals surface area contributed by atoms with E-state index >= 15 is 0 Å². The summed E-state index contributed by atoms with van der Waals surface area (Å²) in [6.07, 6.45) is 3.75. The molecule has 1 aromatic carbocycles. The minimum absolute atomic E-state index is 0.517. The van der Waals surface area contributed by atoms with Gasteiger partial charge in [-0.1, -0.05) is 13.8 Å². The van der Waals surface area contributed by atoms with Crippen molar-refractivity contribution in [1.82, 2.24) is 15.6 Å². The zero-order valence-electron chi connectivity index (χ0n) is 17.8. The molecule has 0 radical (unpaired) electrons. The monoisotopic (exact) mass is 422 g/mol. The van der Waals surface area contributed by atoms with E-state index in [0.717, 1.165) is 63.5 Å². The summed E-state index contributed by atoms with van der Waals surface area (Å²) in [6, 6.07) is 5.74. The van der Waals surface area contributed by atoms with E-state index in [4.69, 9.17) is 26.4 Å². The number of hydrogen-bond acceptors (Lipinski definition) is 6. The molecule has 2 rings (SSSR count). The first-order valence-corrected chi connectivity index (χ1v) is 10.7. The molecule has 0 amide bonds. The van der Waals surface area contributed by atoms with Crippen molar-refractivity contribution in [3.05, 3.63) is 23.8 Å². The van der Waals surface area contributed by atoms with E-state index in [0.29, 0.717) is 23.4 Å². The van der Waals surface area contributed by atoms with Gasteiger partial charge < -0.3 is 19.5 Å². The first-order chi connectivity index (χ1) is 14.1. The fraction of sp³-hybridized carbons (Fsp3) is 0.619. The van der Waals surface area contributed by atoms with Crippen LogP contribution in [0.15, 0.2) is 23.3 Å². The van der Waals surface area contributed by atoms with Crippen LogP contribution in [0, 0.1) is 5.92 Å². The number of hydrogen-bond donors (Lipinski definition) is 2. The maximum Gasteiger partial charge on any atom is 0.186 e. The average molecular weight is 423 g/mol. The third kappa shape index (κ3) is 9.43. The number of morpholine rings is 1. The molecule has 0 saturated carbocycles. The predicted octanol–water partition coefficient (Wildman–Crippen LogP) is 2.64. The van der Waals surface area contributed by atoms with Crippen molar-refractivity contribution in [3.8, 4) is 11.5 Å². The maximum atomic E-state index is 5.81. The molecule has 1 aromatic rings. The smallest absolute Gasteiger partial charge is 0.186 e. The van der Waals surface area contributed by atoms with E-state index in [9.17, 15) is 0 Å². The number of ether oxygens (including phenoxy) is 3. The Balaban J connectivity index is 1.69. The highest BCUT2D eigenvalue weighted by molar-refractivity contribution is 7.80. The second kappa shape index (κ2) is 13.3. The summed E-state index contributed by atoms with van der Waals surface area (Å²) in [5.74, 6) is 2.05. The lowest BCUT2D eigenvalue weighted by molar-refractivity contribution is 0.0376. The van der Waals surface area contributed by atoms with Crippen LogP contribution < -0.4 is 20.2 Å². The second-order valence-corrected chi connectivity index (χ2v) is 7.78. The van der Waals surface area contributed by atoms with Gasteiger partial charge in [-0.05, 0) is 61.3 Å². The van der Waals surface area contributed by atoms with Crippen LogP contribution in [0.2, 0.25) is 0 Å². The third-order valence-electron chi connectivity index (χ3n) is 4.56. The first kappa shape index (κ1) is 23.4. The molecule has 29 heavy (non-hydrogen) atoms. The van der Waals surface area contributed by atoms with Crippen molar-refractivity contribution in [2.45, 2.75) is 26.7 Å². The van der Waals surface area contributed by atoms with Crippen molar-refractivity contribution in [1.29, 1.82) is 0 Å². The lowest BCUT2D eigenvalue weighted by Crippen LogP contribution is -2.39. The van der Waals surface area contributed by atoms with Gasteiger partial charge in [0.25, 0.3) is 0 Å². The van der Waals surface area contributed by atoms with Crippen LogP contribution in [0.5, 0.6) is 11.5 Å². The Morgan fingerprint density at radius 1 is 1.31 bits per heavy atom. The molecule has 1 saturated heterocycles. The molecule has 1 heterocycles. The van der Waals surface area contributed by atoms with Crippen LogP contribution in [0.4, 0.5) is 0 Å². The molecule has 1 aliphatic heterocycles. The summed E-state index contributed by atoms with van der Waals surface area (Å²) < 4.78 is 16.6. The van der Waals surface area contributed by atoms with E-state index in [1.54, 1.807) is 13.3 Å². The molecule has 1 aliphatic rings. The zero-order chi connectivity index (χ0) is 20.9. The normalized spacial score (nSPS) is 14.9. The Labute approximate surface area is 179 Å². The van der Waals surface area contributed by atoms with Gasteiger partial charge in [0.1, 0.15) is 0 Å². The summed E-state index contributed by atoms with van der Waals surface area (Å²) in [5, 5.41) is 7.89. The Morgan fingerprint density at radius 2 is 2.10 bits per heavy atom. The van der Waals surface area contributed by atoms with E-state index in [1.807, 2.05) is 18.2 Å². The fourth-order valence-electron chi connectivity index (χ4n) is 2.82. The Hall–Kier alpha value is -1.90. The molecule has 7 nitrogen and oxygen atoms in total. The minimum Gasteiger partial charge on any atom is -0.493 e. The summed E-state index contributed by atoms with van der Waals surface area (Å²) in [6.45, 7) is 10.6. The van der Waals surface area contributed by atoms with Gasteiger partial charge in [0.2, 0.25) is 0 Å². The number of nitrogens with one attached hydrogen (secondary N) is 2. The number of nitrogens with zero attached hydrogens (tertiary/aromatic N) is 2. The van der Waals surface area contributed by atoms with Gasteiger partial charge in [-0.3, -0.25) is 10.3 Å². The molecule has 0 unspecified atom stereocenters. The van der Waals surface area contributed by atoms with E-state index < -0.39 is 0 Å². The molecule has 0 aromatic heterocycles. The second-order valence-electron chi connectivity index (χ2n) is 7.37. The molecular formula is C21H34N4O3S. The largest absolute Gasteiger partial charge is 0.493 e. The van der Waals surface area contributed by atoms with Gasteiger partial charge in [0.15, 0.2) is 16.6 Å². The van der Waals surface area contributed by atoms with Crippen molar-refractivity contribution in [3.63, 3.8) is 0 Å². The van der Waals surface area contributed by atoms with Gasteiger partial charge in [0.05, 0.1) is 33.1 Å². The highest BCUT2D eigenvalue weighted by Crippen LogP contribution is 2.27. The molecule has 0 aliphatic carbocycles. The Kier molecular flexibility index (Phi) is 10.8. The summed E-state index contributed by atoms with van der Waals surface area (Å²) in [4.78, 5) is 2.41. The summed E-state index contributed by atoms with van der Waals surface area (Å²) in [7, 11) is 1.64. The molecule has 2 N–H and O–H groups in total. The van der Waals surface area contributed by atoms with Crippen LogP contribution in [0.1, 0.15) is 32.3 Å². The van der Waals surface area contributed by atoms with Crippen LogP contribution in [0.25, 0.3) is 0 Å². The molecule has 0 bridgehead atoms. The predicted molar refractivity (Wildman–Crippen MR) is 121 cm³/mol. The SMILES string of the molecule is COc1cc(/C=N/NC(=S)NCCCN2CCOCC2)ccc1OCCC(C)C. The highest BCUT2D eigenvalue weighted by atomic mass is 32.1. The van der Waals surface area contributed by atoms with Crippen LogP contribution in [-0.2, 0) is 4.74 Å². The average Bonchev–Trinajstić information content (AvgIpc) is 2.72. The number of benzene rings is 1. The number of hydrazone groups is 1. The third-order valence-corrected chi connectivity index (χ3v) is 4.80. The lowest BCUT2D eigenvalue weighted by atomic mass is 10.1. The standard InChI is InChI=1S/C21H34N4O3S/c1-17(2)7-12-28-19-6-5-18(15-20(19)26-3)16-23-24-21(29)22-8-4-9-25-10-13-27-14-11-25/h5-6,15-17H,4,7-14H2,1-3H3,(H2,22,24,29)/b23-16+. The zero-order valence-corrected chi connectivity index (χ0v) is 18.6. The van der Waals surface area contributed by atoms with E-state index in [1.165, 1.54) is 0 Å². The van der Waals surface area contributed by atoms with Crippen LogP contribution in [-0.4, -0.2) is 69.3 Å². The molecule has 8 heteroatoms. The lowest BCUT2D eigenvalue weighted by Gasteiger charge is -2.26. The first-order valence-electron chi connectivity index (χ1n) is 10.3. The highest BCUT2D eigenvalue weighted by Gasteiger charge is 2.09. The van der Waals surface area contributed by atoms with Crippen LogP contribution in [0.3, 0.4) is 0 Å². The number of rotatable bonds is 11. The summed E-state index contributed by atoms with van der Waals surface area (Å²) >= 11 is 5.26. The molecular weight excluding hydrogens is 388 g/mol. The van der Waals surface area contributed by atoms with Gasteiger partial charge >= 0.3 is 0 Å². The van der Waals surface area contributed by atoms with Gasteiger partial charge in [-0.15, -0.1) is 0 Å². The van der Waals surface area contributed by atoms with Gasteiger partial charge in [-0.2, -0.15) is 5.10 Å². The minimum atomic E-state index is 0.517. The van der Waals surface area contributed by atoms with Crippen molar-refractivity contribution >= 4 is 23.5 Å². The molecule has 0 atom stereocenters. The van der Waals surface area contributed by atoms with Crippen molar-refractivity contribution in [2.24, 2.45) is 11.0 Å². The van der Waals surface area contributed by atoms with Crippen molar-refractivity contribution < 1.29 is 14.2 Å². The number of methoxy groups -OCH3 is 1. The quantitative estimate of drug-likeness (QED) is 0.246. The molecule has 162 valence electrons. The molecule has 0 spiro atoms. The van der Waals surface area contributed by atoms with Gasteiger partial charge in [-0.25, -0.2) is 0 Å². The van der Waals surface area contributed by atoms with Crippen LogP contribution >= 0.6 is 12.2 Å². The van der Waals surface area contributed by atoms with E-state index in [2.05, 4.69) is 34.6 Å². The van der Waals surface area contributed by atoms with Gasteiger partial charge in [0, 0.05) is 19.6 Å².